The summed E-state index contributed by atoms with van der Waals surface area (Å²) in [7, 11) is 2.98. The van der Waals surface area contributed by atoms with Gasteiger partial charge in [0.05, 0.1) is 0 Å². The van der Waals surface area contributed by atoms with E-state index >= 15 is 0 Å². The van der Waals surface area contributed by atoms with Crippen molar-refractivity contribution in [2.45, 2.75) is 20.3 Å². The third-order valence-electron chi connectivity index (χ3n) is 1.06. The first-order chi connectivity index (χ1) is 4.20. The molecule has 0 aromatic carbocycles. The van der Waals surface area contributed by atoms with Gasteiger partial charge in [0, 0.05) is 6.08 Å². The van der Waals surface area contributed by atoms with Crippen molar-refractivity contribution in [2.75, 3.05) is 0 Å². The number of hydrogen-bond acceptors (Lipinski definition) is 2. The predicted molar refractivity (Wildman–Crippen MR) is 35.5 cm³/mol. The molecular formula is C7H11O2. The van der Waals surface area contributed by atoms with Gasteiger partial charge in [-0.2, -0.15) is 0 Å². The molecular weight excluding hydrogens is 116 g/mol. The van der Waals surface area contributed by atoms with E-state index in [1.165, 1.54) is 6.08 Å². The zero-order chi connectivity index (χ0) is 7.28. The average Bonchev–Trinajstić information content (AvgIpc) is 1.87. The summed E-state index contributed by atoms with van der Waals surface area (Å²) in [5, 5.41) is 0. The highest BCUT2D eigenvalue weighted by Gasteiger charge is 1.92. The van der Waals surface area contributed by atoms with Crippen molar-refractivity contribution < 1.29 is 9.53 Å². The first-order valence-corrected chi connectivity index (χ1v) is 2.83. The van der Waals surface area contributed by atoms with Gasteiger partial charge in [0.1, 0.15) is 7.11 Å². The van der Waals surface area contributed by atoms with Gasteiger partial charge in [-0.05, 0) is 13.3 Å². The Labute approximate surface area is 55.5 Å². The summed E-state index contributed by atoms with van der Waals surface area (Å²) in [5.74, 6) is -0.380. The van der Waals surface area contributed by atoms with Crippen molar-refractivity contribution in [1.29, 1.82) is 0 Å². The van der Waals surface area contributed by atoms with Crippen LogP contribution in [0.15, 0.2) is 11.6 Å². The van der Waals surface area contributed by atoms with E-state index in [0.29, 0.717) is 0 Å². The minimum absolute atomic E-state index is 0.380. The fourth-order valence-electron chi connectivity index (χ4n) is 0.345. The van der Waals surface area contributed by atoms with Crippen LogP contribution in [0.3, 0.4) is 0 Å². The van der Waals surface area contributed by atoms with Crippen LogP contribution in [0, 0.1) is 7.11 Å². The Hall–Kier alpha value is -0.790. The molecule has 0 aromatic rings. The zero-order valence-electron chi connectivity index (χ0n) is 5.81. The largest absolute Gasteiger partial charge is 0.459 e. The zero-order valence-corrected chi connectivity index (χ0v) is 5.81. The second-order valence-corrected chi connectivity index (χ2v) is 1.81. The lowest BCUT2D eigenvalue weighted by molar-refractivity contribution is -0.132. The number of allylic oxidation sites excluding steroid dienone is 1. The molecule has 0 aromatic heterocycles. The van der Waals surface area contributed by atoms with Gasteiger partial charge in [0.15, 0.2) is 0 Å². The fourth-order valence-corrected chi connectivity index (χ4v) is 0.345. The molecule has 9 heavy (non-hydrogen) atoms. The highest BCUT2D eigenvalue weighted by molar-refractivity contribution is 5.82. The van der Waals surface area contributed by atoms with Crippen LogP contribution in [-0.4, -0.2) is 5.97 Å². The Kier molecular flexibility index (Phi) is 3.76. The van der Waals surface area contributed by atoms with Crippen molar-refractivity contribution in [3.8, 4) is 0 Å². The molecule has 0 saturated heterocycles. The van der Waals surface area contributed by atoms with Gasteiger partial charge in [-0.1, -0.05) is 12.5 Å². The van der Waals surface area contributed by atoms with Gasteiger partial charge >= 0.3 is 5.97 Å². The molecule has 2 nitrogen and oxygen atoms in total. The van der Waals surface area contributed by atoms with Crippen molar-refractivity contribution in [1.82, 2.24) is 0 Å². The molecule has 51 valence electrons. The Morgan fingerprint density at radius 1 is 1.78 bits per heavy atom. The second-order valence-electron chi connectivity index (χ2n) is 1.81. The topological polar surface area (TPSA) is 26.3 Å². The molecule has 0 amide bonds. The summed E-state index contributed by atoms with van der Waals surface area (Å²) in [6.45, 7) is 3.85. The SMILES string of the molecule is [CH2]OC(=O)C=C(C)CC. The summed E-state index contributed by atoms with van der Waals surface area (Å²) >= 11 is 0. The van der Waals surface area contributed by atoms with Crippen LogP contribution in [0.1, 0.15) is 20.3 Å². The molecule has 0 aliphatic carbocycles. The third kappa shape index (κ3) is 3.76. The lowest BCUT2D eigenvalue weighted by atomic mass is 10.2. The highest BCUT2D eigenvalue weighted by atomic mass is 16.5. The van der Waals surface area contributed by atoms with Gasteiger partial charge in [-0.25, -0.2) is 4.79 Å². The van der Waals surface area contributed by atoms with E-state index in [1.54, 1.807) is 0 Å². The van der Waals surface area contributed by atoms with Crippen LogP contribution in [0.4, 0.5) is 0 Å². The van der Waals surface area contributed by atoms with Crippen molar-refractivity contribution >= 4 is 5.97 Å². The van der Waals surface area contributed by atoms with Crippen molar-refractivity contribution in [3.05, 3.63) is 18.8 Å². The third-order valence-corrected chi connectivity index (χ3v) is 1.06. The summed E-state index contributed by atoms with van der Waals surface area (Å²) in [6.07, 6.45) is 2.31. The smallest absolute Gasteiger partial charge is 0.330 e. The quantitative estimate of drug-likeness (QED) is 0.416. The van der Waals surface area contributed by atoms with Gasteiger partial charge in [-0.3, -0.25) is 0 Å². The lowest BCUT2D eigenvalue weighted by Gasteiger charge is -1.92. The molecule has 0 unspecified atom stereocenters. The van der Waals surface area contributed by atoms with Crippen LogP contribution in [0.2, 0.25) is 0 Å². The number of esters is 1. The summed E-state index contributed by atoms with van der Waals surface area (Å²) < 4.78 is 4.16. The lowest BCUT2D eigenvalue weighted by Crippen LogP contribution is -1.93. The monoisotopic (exact) mass is 127 g/mol. The van der Waals surface area contributed by atoms with Gasteiger partial charge < -0.3 is 4.74 Å². The Bertz CT molecular complexity index is 125. The normalized spacial score (nSPS) is 11.2. The second kappa shape index (κ2) is 4.13. The highest BCUT2D eigenvalue weighted by Crippen LogP contribution is 1.97. The molecule has 0 saturated carbocycles. The van der Waals surface area contributed by atoms with Crippen LogP contribution in [-0.2, 0) is 9.53 Å². The number of hydrogen-bond donors (Lipinski definition) is 0. The Morgan fingerprint density at radius 2 is 2.33 bits per heavy atom. The van der Waals surface area contributed by atoms with E-state index in [9.17, 15) is 4.79 Å². The molecule has 0 atom stereocenters. The fraction of sp³-hybridized carbons (Fsp3) is 0.429. The maximum atomic E-state index is 10.4. The van der Waals surface area contributed by atoms with E-state index in [1.807, 2.05) is 13.8 Å². The van der Waals surface area contributed by atoms with Crippen LogP contribution in [0.25, 0.3) is 0 Å². The molecule has 0 aliphatic rings. The maximum absolute atomic E-state index is 10.4. The van der Waals surface area contributed by atoms with Gasteiger partial charge in [0.25, 0.3) is 0 Å². The summed E-state index contributed by atoms with van der Waals surface area (Å²) in [6, 6.07) is 0. The molecule has 1 radical (unpaired) electrons. The molecule has 0 fully saturated rings. The van der Waals surface area contributed by atoms with Crippen LogP contribution >= 0.6 is 0 Å². The first-order valence-electron chi connectivity index (χ1n) is 2.83. The average molecular weight is 127 g/mol. The van der Waals surface area contributed by atoms with E-state index in [0.717, 1.165) is 12.0 Å². The maximum Gasteiger partial charge on any atom is 0.330 e. The van der Waals surface area contributed by atoms with Crippen LogP contribution < -0.4 is 0 Å². The standard InChI is InChI=1S/C7H11O2/c1-4-6(2)5-7(8)9-3/h5H,3-4H2,1-2H3. The predicted octanol–water partition coefficient (Wildman–Crippen LogP) is 1.68. The molecule has 0 heterocycles. The number of carbonyl (C=O) groups excluding carboxylic acids is 1. The van der Waals surface area contributed by atoms with E-state index in [2.05, 4.69) is 11.8 Å². The first kappa shape index (κ1) is 8.21. The molecule has 0 N–H and O–H groups in total. The van der Waals surface area contributed by atoms with E-state index in [4.69, 9.17) is 0 Å². The van der Waals surface area contributed by atoms with E-state index < -0.39 is 0 Å². The van der Waals surface area contributed by atoms with Crippen molar-refractivity contribution in [3.63, 3.8) is 0 Å². The summed E-state index contributed by atoms with van der Waals surface area (Å²) in [4.78, 5) is 10.4. The molecule has 0 rings (SSSR count). The summed E-state index contributed by atoms with van der Waals surface area (Å²) in [5.41, 5.74) is 1.00. The van der Waals surface area contributed by atoms with Crippen LogP contribution in [0.5, 0.6) is 0 Å². The number of ether oxygens (including phenoxy) is 1. The number of carbonyl (C=O) groups is 1. The minimum atomic E-state index is -0.380. The Balaban J connectivity index is 3.79. The molecule has 0 aliphatic heterocycles. The molecule has 2 heteroatoms. The molecule has 0 spiro atoms. The van der Waals surface area contributed by atoms with E-state index in [-0.39, 0.29) is 5.97 Å². The minimum Gasteiger partial charge on any atom is -0.459 e. The Morgan fingerprint density at radius 3 is 2.67 bits per heavy atom. The molecule has 0 bridgehead atoms. The van der Waals surface area contributed by atoms with Gasteiger partial charge in [0.2, 0.25) is 0 Å². The number of rotatable bonds is 2. The van der Waals surface area contributed by atoms with Gasteiger partial charge in [-0.15, -0.1) is 0 Å². The van der Waals surface area contributed by atoms with Crippen molar-refractivity contribution in [2.24, 2.45) is 0 Å².